The second-order valence-electron chi connectivity index (χ2n) is 3.61. The van der Waals surface area contributed by atoms with Gasteiger partial charge in [0.2, 0.25) is 0 Å². The molecule has 7 nitrogen and oxygen atoms in total. The Morgan fingerprint density at radius 1 is 1.24 bits per heavy atom. The zero-order valence-electron chi connectivity index (χ0n) is 9.39. The lowest BCUT2D eigenvalue weighted by atomic mass is 9.88. The summed E-state index contributed by atoms with van der Waals surface area (Å²) >= 11 is 0. The summed E-state index contributed by atoms with van der Waals surface area (Å²) in [5.74, 6) is -1.39. The summed E-state index contributed by atoms with van der Waals surface area (Å²) < 4.78 is 9.35. The third-order valence-corrected chi connectivity index (χ3v) is 2.36. The van der Waals surface area contributed by atoms with Gasteiger partial charge in [0.1, 0.15) is 0 Å². The van der Waals surface area contributed by atoms with Crippen molar-refractivity contribution < 1.29 is 23.9 Å². The molecule has 0 aromatic heterocycles. The monoisotopic (exact) mass is 242 g/mol. The molecule has 0 heterocycles. The Morgan fingerprint density at radius 3 is 2.24 bits per heavy atom. The van der Waals surface area contributed by atoms with Gasteiger partial charge in [-0.2, -0.15) is 0 Å². The van der Waals surface area contributed by atoms with Crippen LogP contribution in [0.3, 0.4) is 0 Å². The molecule has 1 rings (SSSR count). The van der Waals surface area contributed by atoms with Gasteiger partial charge in [-0.3, -0.25) is 0 Å². The van der Waals surface area contributed by atoms with Gasteiger partial charge in [0.15, 0.2) is 5.72 Å². The van der Waals surface area contributed by atoms with E-state index in [9.17, 15) is 14.4 Å². The van der Waals surface area contributed by atoms with E-state index in [1.54, 1.807) is 0 Å². The highest BCUT2D eigenvalue weighted by Crippen LogP contribution is 2.33. The second-order valence-corrected chi connectivity index (χ2v) is 3.61. The highest BCUT2D eigenvalue weighted by molar-refractivity contribution is 5.91. The van der Waals surface area contributed by atoms with Crippen molar-refractivity contribution in [3.05, 3.63) is 12.2 Å². The van der Waals surface area contributed by atoms with E-state index in [1.165, 1.54) is 7.11 Å². The number of esters is 2. The van der Waals surface area contributed by atoms with Crippen LogP contribution < -0.4 is 11.1 Å². The van der Waals surface area contributed by atoms with Crippen molar-refractivity contribution in [2.45, 2.75) is 25.0 Å². The Bertz CT molecular complexity index is 360. The van der Waals surface area contributed by atoms with E-state index in [4.69, 9.17) is 10.5 Å². The van der Waals surface area contributed by atoms with E-state index in [1.807, 2.05) is 0 Å². The average molecular weight is 242 g/mol. The molecule has 3 N–H and O–H groups in total. The van der Waals surface area contributed by atoms with E-state index in [0.29, 0.717) is 12.8 Å². The van der Waals surface area contributed by atoms with Crippen molar-refractivity contribution in [1.29, 1.82) is 0 Å². The molecule has 94 valence electrons. The van der Waals surface area contributed by atoms with Gasteiger partial charge in [-0.05, 0) is 6.42 Å². The molecule has 0 aromatic rings. The molecule has 0 radical (unpaired) electrons. The zero-order chi connectivity index (χ0) is 12.9. The van der Waals surface area contributed by atoms with Gasteiger partial charge in [0.05, 0.1) is 7.11 Å². The van der Waals surface area contributed by atoms with Crippen LogP contribution >= 0.6 is 0 Å². The number of nitrogens with two attached hydrogens (primary N) is 1. The summed E-state index contributed by atoms with van der Waals surface area (Å²) in [7, 11) is 1.19. The minimum absolute atomic E-state index is 0.508. The first kappa shape index (κ1) is 13.0. The number of carbonyl (C=O) groups is 3. The van der Waals surface area contributed by atoms with E-state index in [2.05, 4.69) is 10.1 Å². The van der Waals surface area contributed by atoms with Crippen molar-refractivity contribution in [1.82, 2.24) is 5.32 Å². The van der Waals surface area contributed by atoms with Crippen LogP contribution in [0.5, 0.6) is 0 Å². The van der Waals surface area contributed by atoms with Crippen molar-refractivity contribution >= 4 is 18.0 Å². The first-order valence-electron chi connectivity index (χ1n) is 5.04. The third-order valence-electron chi connectivity index (χ3n) is 2.36. The lowest BCUT2D eigenvalue weighted by Gasteiger charge is -2.40. The quantitative estimate of drug-likeness (QED) is 0.403. The maximum atomic E-state index is 11.3. The Labute approximate surface area is 97.9 Å². The molecule has 0 spiro atoms. The molecular formula is C10H14N2O5. The lowest BCUT2D eigenvalue weighted by molar-refractivity contribution is -0.166. The normalized spacial score (nSPS) is 17.0. The molecule has 0 bridgehead atoms. The predicted molar refractivity (Wildman–Crippen MR) is 56.5 cm³/mol. The molecule has 0 saturated heterocycles. The average Bonchev–Trinajstić information content (AvgIpc) is 2.22. The van der Waals surface area contributed by atoms with Crippen molar-refractivity contribution in [2.75, 3.05) is 7.11 Å². The van der Waals surface area contributed by atoms with Crippen molar-refractivity contribution in [3.63, 3.8) is 0 Å². The van der Waals surface area contributed by atoms with Gasteiger partial charge in [-0.25, -0.2) is 14.4 Å². The standard InChI is InChI=1S/C10H14N2O5/c1-16-7(13)3-4-8(14)17-10(5-2-6-10)12-9(11)15/h3-4H,2,5-6H2,1H3,(H3,11,12,15). The molecule has 7 heteroatoms. The summed E-state index contributed by atoms with van der Waals surface area (Å²) in [6.07, 6.45) is 3.73. The maximum Gasteiger partial charge on any atom is 0.333 e. The van der Waals surface area contributed by atoms with Gasteiger partial charge in [-0.15, -0.1) is 0 Å². The molecule has 1 fully saturated rings. The first-order valence-corrected chi connectivity index (χ1v) is 5.04. The maximum absolute atomic E-state index is 11.3. The van der Waals surface area contributed by atoms with Crippen LogP contribution in [0, 0.1) is 0 Å². The molecule has 1 aliphatic carbocycles. The van der Waals surface area contributed by atoms with Crippen LogP contribution in [-0.4, -0.2) is 30.8 Å². The van der Waals surface area contributed by atoms with Gasteiger partial charge >= 0.3 is 18.0 Å². The number of amides is 2. The molecule has 0 aliphatic heterocycles. The summed E-state index contributed by atoms with van der Waals surface area (Å²) in [4.78, 5) is 32.8. The zero-order valence-corrected chi connectivity index (χ0v) is 9.39. The second kappa shape index (κ2) is 5.33. The highest BCUT2D eigenvalue weighted by atomic mass is 16.6. The van der Waals surface area contributed by atoms with E-state index in [0.717, 1.165) is 18.6 Å². The topological polar surface area (TPSA) is 108 Å². The number of urea groups is 1. The smallest absolute Gasteiger partial charge is 0.333 e. The highest BCUT2D eigenvalue weighted by Gasteiger charge is 2.41. The summed E-state index contributed by atoms with van der Waals surface area (Å²) in [5, 5.41) is 2.37. The van der Waals surface area contributed by atoms with E-state index >= 15 is 0 Å². The Kier molecular flexibility index (Phi) is 4.08. The molecule has 2 amide bonds. The Balaban J connectivity index is 2.51. The number of ether oxygens (including phenoxy) is 2. The van der Waals surface area contributed by atoms with Crippen LogP contribution in [0.15, 0.2) is 12.2 Å². The fourth-order valence-corrected chi connectivity index (χ4v) is 1.41. The molecule has 1 saturated carbocycles. The minimum Gasteiger partial charge on any atom is -0.466 e. The van der Waals surface area contributed by atoms with E-state index < -0.39 is 23.7 Å². The van der Waals surface area contributed by atoms with Crippen LogP contribution in [-0.2, 0) is 19.1 Å². The molecule has 0 atom stereocenters. The van der Waals surface area contributed by atoms with Crippen LogP contribution in [0.2, 0.25) is 0 Å². The number of hydrogen-bond acceptors (Lipinski definition) is 5. The van der Waals surface area contributed by atoms with Gasteiger partial charge < -0.3 is 20.5 Å². The molecule has 17 heavy (non-hydrogen) atoms. The predicted octanol–water partition coefficient (Wildman–Crippen LogP) is -0.193. The first-order chi connectivity index (χ1) is 7.97. The van der Waals surface area contributed by atoms with Gasteiger partial charge in [0.25, 0.3) is 0 Å². The summed E-state index contributed by atoms with van der Waals surface area (Å²) in [5.41, 5.74) is 3.95. The number of rotatable bonds is 4. The largest absolute Gasteiger partial charge is 0.466 e. The van der Waals surface area contributed by atoms with Crippen molar-refractivity contribution in [2.24, 2.45) is 5.73 Å². The molecule has 0 unspecified atom stereocenters. The van der Waals surface area contributed by atoms with Crippen LogP contribution in [0.4, 0.5) is 4.79 Å². The molecule has 1 aliphatic rings. The number of methoxy groups -OCH3 is 1. The number of hydrogen-bond donors (Lipinski definition) is 2. The SMILES string of the molecule is COC(=O)C=CC(=O)OC1(NC(N)=O)CCC1. The lowest BCUT2D eigenvalue weighted by Crippen LogP contribution is -2.57. The minimum atomic E-state index is -1.02. The molecular weight excluding hydrogens is 228 g/mol. The van der Waals surface area contributed by atoms with Gasteiger partial charge in [0, 0.05) is 25.0 Å². The van der Waals surface area contributed by atoms with Gasteiger partial charge in [-0.1, -0.05) is 0 Å². The summed E-state index contributed by atoms with van der Waals surface area (Å²) in [6.45, 7) is 0. The Morgan fingerprint density at radius 2 is 1.82 bits per heavy atom. The fraction of sp³-hybridized carbons (Fsp3) is 0.500. The van der Waals surface area contributed by atoms with Crippen LogP contribution in [0.25, 0.3) is 0 Å². The Hall–Kier alpha value is -2.05. The summed E-state index contributed by atoms with van der Waals surface area (Å²) in [6, 6.07) is -0.755. The van der Waals surface area contributed by atoms with E-state index in [-0.39, 0.29) is 0 Å². The van der Waals surface area contributed by atoms with Crippen LogP contribution in [0.1, 0.15) is 19.3 Å². The number of nitrogens with one attached hydrogen (secondary N) is 1. The van der Waals surface area contributed by atoms with Crippen molar-refractivity contribution in [3.8, 4) is 0 Å². The fourth-order valence-electron chi connectivity index (χ4n) is 1.41. The number of primary amides is 1. The number of carbonyl (C=O) groups excluding carboxylic acids is 3. The molecule has 0 aromatic carbocycles. The third kappa shape index (κ3) is 3.78.